The highest BCUT2D eigenvalue weighted by molar-refractivity contribution is 6.13. The minimum Gasteiger partial charge on any atom is -0.457 e. The largest absolute Gasteiger partial charge is 0.457 e. The molecule has 0 saturated carbocycles. The Bertz CT molecular complexity index is 1190. The SMILES string of the molecule is O=C1c2cc(Oc3ccccc3)ccc2Nc2cnccc2N1Cc1ccccc1. The first-order valence-corrected chi connectivity index (χ1v) is 9.72. The molecule has 1 amide bonds. The Morgan fingerprint density at radius 3 is 2.40 bits per heavy atom. The molecule has 4 aromatic rings. The van der Waals surface area contributed by atoms with Crippen molar-refractivity contribution in [3.8, 4) is 11.5 Å². The second-order valence-corrected chi connectivity index (χ2v) is 7.02. The molecule has 0 aliphatic carbocycles. The molecule has 1 aromatic heterocycles. The fourth-order valence-corrected chi connectivity index (χ4v) is 3.54. The van der Waals surface area contributed by atoms with E-state index in [0.717, 1.165) is 28.4 Å². The molecule has 1 aliphatic rings. The Hall–Kier alpha value is -4.12. The Labute approximate surface area is 174 Å². The van der Waals surface area contributed by atoms with E-state index < -0.39 is 0 Å². The summed E-state index contributed by atoms with van der Waals surface area (Å²) >= 11 is 0. The lowest BCUT2D eigenvalue weighted by Gasteiger charge is -2.22. The van der Waals surface area contributed by atoms with E-state index in [0.29, 0.717) is 17.9 Å². The van der Waals surface area contributed by atoms with Gasteiger partial charge in [0, 0.05) is 6.20 Å². The highest BCUT2D eigenvalue weighted by Crippen LogP contribution is 2.37. The summed E-state index contributed by atoms with van der Waals surface area (Å²) in [5, 5.41) is 3.36. The van der Waals surface area contributed by atoms with Crippen molar-refractivity contribution in [1.29, 1.82) is 0 Å². The first-order valence-electron chi connectivity index (χ1n) is 9.72. The first-order chi connectivity index (χ1) is 14.8. The van der Waals surface area contributed by atoms with Crippen LogP contribution in [0.1, 0.15) is 15.9 Å². The van der Waals surface area contributed by atoms with Crippen LogP contribution in [-0.2, 0) is 6.54 Å². The number of aromatic nitrogens is 1. The number of carbonyl (C=O) groups is 1. The molecule has 1 N–H and O–H groups in total. The zero-order chi connectivity index (χ0) is 20.3. The van der Waals surface area contributed by atoms with Crippen LogP contribution in [0.4, 0.5) is 17.1 Å². The molecule has 0 unspecified atom stereocenters. The summed E-state index contributed by atoms with van der Waals surface area (Å²) in [6.45, 7) is 0.460. The molecule has 0 spiro atoms. The molecule has 1 aliphatic heterocycles. The van der Waals surface area contributed by atoms with Gasteiger partial charge in [0.15, 0.2) is 0 Å². The third-order valence-electron chi connectivity index (χ3n) is 4.99. The number of rotatable bonds is 4. The van der Waals surface area contributed by atoms with Crippen LogP contribution in [0.2, 0.25) is 0 Å². The van der Waals surface area contributed by atoms with Gasteiger partial charge in [-0.2, -0.15) is 0 Å². The predicted octanol–water partition coefficient (Wildman–Crippen LogP) is 5.78. The van der Waals surface area contributed by atoms with E-state index in [1.54, 1.807) is 23.4 Å². The Kier molecular flexibility index (Phi) is 4.62. The van der Waals surface area contributed by atoms with E-state index in [9.17, 15) is 4.79 Å². The van der Waals surface area contributed by atoms with E-state index in [-0.39, 0.29) is 5.91 Å². The van der Waals surface area contributed by atoms with Crippen molar-refractivity contribution < 1.29 is 9.53 Å². The van der Waals surface area contributed by atoms with E-state index in [2.05, 4.69) is 10.3 Å². The fraction of sp³-hybridized carbons (Fsp3) is 0.0400. The molecule has 5 nitrogen and oxygen atoms in total. The standard InChI is InChI=1S/C25H19N3O2/c29-25-21-15-20(30-19-9-5-2-6-10-19)11-12-22(21)27-23-16-26-14-13-24(23)28(25)17-18-7-3-1-4-8-18/h1-16,27H,17H2. The fourth-order valence-electron chi connectivity index (χ4n) is 3.54. The number of hydrogen-bond acceptors (Lipinski definition) is 4. The monoisotopic (exact) mass is 393 g/mol. The zero-order valence-electron chi connectivity index (χ0n) is 16.2. The third kappa shape index (κ3) is 3.49. The number of fused-ring (bicyclic) bond motifs is 2. The topological polar surface area (TPSA) is 54.5 Å². The number of ether oxygens (including phenoxy) is 1. The van der Waals surface area contributed by atoms with Gasteiger partial charge in [-0.15, -0.1) is 0 Å². The van der Waals surface area contributed by atoms with Gasteiger partial charge in [0.25, 0.3) is 5.91 Å². The van der Waals surface area contributed by atoms with E-state index in [1.165, 1.54) is 0 Å². The van der Waals surface area contributed by atoms with Crippen molar-refractivity contribution in [3.05, 3.63) is 108 Å². The van der Waals surface area contributed by atoms with Crippen molar-refractivity contribution in [2.45, 2.75) is 6.54 Å². The Morgan fingerprint density at radius 1 is 0.833 bits per heavy atom. The lowest BCUT2D eigenvalue weighted by molar-refractivity contribution is 0.0986. The summed E-state index contributed by atoms with van der Waals surface area (Å²) in [7, 11) is 0. The number of carbonyl (C=O) groups excluding carboxylic acids is 1. The molecule has 0 fully saturated rings. The molecule has 30 heavy (non-hydrogen) atoms. The van der Waals surface area contributed by atoms with Gasteiger partial charge in [-0.25, -0.2) is 0 Å². The van der Waals surface area contributed by atoms with Gasteiger partial charge in [-0.1, -0.05) is 48.5 Å². The summed E-state index contributed by atoms with van der Waals surface area (Å²) in [5.74, 6) is 1.24. The van der Waals surface area contributed by atoms with Crippen LogP contribution in [0.3, 0.4) is 0 Å². The average molecular weight is 393 g/mol. The van der Waals surface area contributed by atoms with Crippen LogP contribution in [0, 0.1) is 0 Å². The van der Waals surface area contributed by atoms with Crippen LogP contribution in [0.5, 0.6) is 11.5 Å². The van der Waals surface area contributed by atoms with Crippen molar-refractivity contribution >= 4 is 23.0 Å². The minimum absolute atomic E-state index is 0.0928. The quantitative estimate of drug-likeness (QED) is 0.478. The normalized spacial score (nSPS) is 12.4. The van der Waals surface area contributed by atoms with Gasteiger partial charge < -0.3 is 15.0 Å². The number of amides is 1. The highest BCUT2D eigenvalue weighted by Gasteiger charge is 2.27. The number of pyridine rings is 1. The molecule has 2 heterocycles. The highest BCUT2D eigenvalue weighted by atomic mass is 16.5. The van der Waals surface area contributed by atoms with Crippen LogP contribution in [-0.4, -0.2) is 10.9 Å². The van der Waals surface area contributed by atoms with E-state index in [1.807, 2.05) is 78.9 Å². The molecular weight excluding hydrogens is 374 g/mol. The molecule has 5 rings (SSSR count). The van der Waals surface area contributed by atoms with Gasteiger partial charge in [0.05, 0.1) is 35.4 Å². The molecule has 5 heteroatoms. The third-order valence-corrected chi connectivity index (χ3v) is 4.99. The number of nitrogens with one attached hydrogen (secondary N) is 1. The van der Waals surface area contributed by atoms with E-state index >= 15 is 0 Å². The van der Waals surface area contributed by atoms with Crippen LogP contribution in [0.15, 0.2) is 97.3 Å². The summed E-state index contributed by atoms with van der Waals surface area (Å²) in [6, 6.07) is 26.8. The average Bonchev–Trinajstić information content (AvgIpc) is 2.90. The maximum absolute atomic E-state index is 13.6. The van der Waals surface area contributed by atoms with Crippen LogP contribution >= 0.6 is 0 Å². The summed E-state index contributed by atoms with van der Waals surface area (Å²) in [6.07, 6.45) is 3.44. The molecular formula is C25H19N3O2. The first kappa shape index (κ1) is 17.9. The summed E-state index contributed by atoms with van der Waals surface area (Å²) in [4.78, 5) is 19.6. The maximum Gasteiger partial charge on any atom is 0.260 e. The Balaban J connectivity index is 1.55. The lowest BCUT2D eigenvalue weighted by Crippen LogP contribution is -2.29. The van der Waals surface area contributed by atoms with Gasteiger partial charge in [-0.3, -0.25) is 9.78 Å². The molecule has 0 radical (unpaired) electrons. The predicted molar refractivity (Wildman–Crippen MR) is 117 cm³/mol. The zero-order valence-corrected chi connectivity index (χ0v) is 16.2. The van der Waals surface area contributed by atoms with Gasteiger partial charge in [0.1, 0.15) is 11.5 Å². The number of nitrogens with zero attached hydrogens (tertiary/aromatic N) is 2. The van der Waals surface area contributed by atoms with Crippen molar-refractivity contribution in [1.82, 2.24) is 4.98 Å². The summed E-state index contributed by atoms with van der Waals surface area (Å²) in [5.41, 5.74) is 3.91. The lowest BCUT2D eigenvalue weighted by atomic mass is 10.1. The molecule has 0 atom stereocenters. The van der Waals surface area contributed by atoms with Gasteiger partial charge in [0.2, 0.25) is 0 Å². The van der Waals surface area contributed by atoms with Crippen molar-refractivity contribution in [3.63, 3.8) is 0 Å². The molecule has 0 saturated heterocycles. The molecule has 0 bridgehead atoms. The van der Waals surface area contributed by atoms with Crippen molar-refractivity contribution in [2.75, 3.05) is 10.2 Å². The summed E-state index contributed by atoms with van der Waals surface area (Å²) < 4.78 is 5.95. The number of para-hydroxylation sites is 1. The van der Waals surface area contributed by atoms with Gasteiger partial charge in [-0.05, 0) is 42.0 Å². The minimum atomic E-state index is -0.0928. The van der Waals surface area contributed by atoms with Gasteiger partial charge >= 0.3 is 0 Å². The molecule has 146 valence electrons. The smallest absolute Gasteiger partial charge is 0.260 e. The number of benzene rings is 3. The number of hydrogen-bond donors (Lipinski definition) is 1. The Morgan fingerprint density at radius 2 is 1.60 bits per heavy atom. The van der Waals surface area contributed by atoms with E-state index in [4.69, 9.17) is 4.74 Å². The molecule has 3 aromatic carbocycles. The van der Waals surface area contributed by atoms with Crippen molar-refractivity contribution in [2.24, 2.45) is 0 Å². The second kappa shape index (κ2) is 7.72. The maximum atomic E-state index is 13.6. The van der Waals surface area contributed by atoms with Crippen LogP contribution < -0.4 is 15.0 Å². The second-order valence-electron chi connectivity index (χ2n) is 7.02. The van der Waals surface area contributed by atoms with Crippen LogP contribution in [0.25, 0.3) is 0 Å². The number of anilines is 3.